The molecule has 1 atom stereocenters. The minimum atomic E-state index is -2.63. The van der Waals surface area contributed by atoms with Crippen LogP contribution in [0.2, 0.25) is 0 Å². The quantitative estimate of drug-likeness (QED) is 0.605. The Hall–Kier alpha value is -0.290. The summed E-state index contributed by atoms with van der Waals surface area (Å²) in [6.07, 6.45) is -4.38. The van der Waals surface area contributed by atoms with Crippen LogP contribution in [0.1, 0.15) is 6.92 Å². The van der Waals surface area contributed by atoms with E-state index in [1.54, 1.807) is 6.92 Å². The summed E-state index contributed by atoms with van der Waals surface area (Å²) in [4.78, 5) is 0. The van der Waals surface area contributed by atoms with Gasteiger partial charge in [-0.2, -0.15) is 0 Å². The summed E-state index contributed by atoms with van der Waals surface area (Å²) in [5.41, 5.74) is 0. The van der Waals surface area contributed by atoms with Gasteiger partial charge in [-0.1, -0.05) is 0 Å². The largest absolute Gasteiger partial charge is 0.376 e. The lowest BCUT2D eigenvalue weighted by atomic mass is 10.7. The summed E-state index contributed by atoms with van der Waals surface area (Å²) in [5, 5.41) is 0. The Morgan fingerprint density at radius 3 is 2.27 bits per heavy atom. The normalized spacial score (nSPS) is 13.9. The fraction of sp³-hybridized carbons (Fsp3) is 1.00. The zero-order chi connectivity index (χ0) is 8.69. The van der Waals surface area contributed by atoms with E-state index in [0.29, 0.717) is 6.61 Å². The lowest BCUT2D eigenvalue weighted by molar-refractivity contribution is -0.114. The second kappa shape index (κ2) is 6.42. The zero-order valence-corrected chi connectivity index (χ0v) is 6.23. The van der Waals surface area contributed by atoms with Crippen molar-refractivity contribution in [3.05, 3.63) is 0 Å². The van der Waals surface area contributed by atoms with Gasteiger partial charge in [0.15, 0.2) is 0 Å². The average molecular weight is 172 g/mol. The van der Waals surface area contributed by atoms with Crippen LogP contribution in [0.5, 0.6) is 0 Å². The SMILES string of the molecule is CCOCC(F)OCC(F)F. The van der Waals surface area contributed by atoms with E-state index >= 15 is 0 Å². The first-order valence-electron chi connectivity index (χ1n) is 3.28. The molecule has 0 aliphatic rings. The van der Waals surface area contributed by atoms with Crippen molar-refractivity contribution in [3.63, 3.8) is 0 Å². The topological polar surface area (TPSA) is 18.5 Å². The molecule has 0 radical (unpaired) electrons. The molecule has 0 saturated carbocycles. The fourth-order valence-corrected chi connectivity index (χ4v) is 0.436. The number of halogens is 3. The monoisotopic (exact) mass is 172 g/mol. The van der Waals surface area contributed by atoms with Gasteiger partial charge in [-0.15, -0.1) is 0 Å². The summed E-state index contributed by atoms with van der Waals surface area (Å²) in [7, 11) is 0. The maximum atomic E-state index is 12.3. The van der Waals surface area contributed by atoms with Crippen molar-refractivity contribution >= 4 is 0 Å². The first-order chi connectivity index (χ1) is 5.16. The van der Waals surface area contributed by atoms with Gasteiger partial charge in [-0.25, -0.2) is 13.2 Å². The van der Waals surface area contributed by atoms with Crippen LogP contribution in [-0.4, -0.2) is 32.6 Å². The molecule has 0 aromatic heterocycles. The maximum absolute atomic E-state index is 12.3. The zero-order valence-electron chi connectivity index (χ0n) is 6.23. The molecule has 1 unspecified atom stereocenters. The molecule has 0 spiro atoms. The highest BCUT2D eigenvalue weighted by Gasteiger charge is 2.09. The number of hydrogen-bond donors (Lipinski definition) is 0. The van der Waals surface area contributed by atoms with E-state index in [9.17, 15) is 13.2 Å². The van der Waals surface area contributed by atoms with Crippen molar-refractivity contribution in [2.45, 2.75) is 19.7 Å². The summed E-state index contributed by atoms with van der Waals surface area (Å²) in [6.45, 7) is 0.857. The molecular weight excluding hydrogens is 161 g/mol. The molecule has 0 aliphatic carbocycles. The maximum Gasteiger partial charge on any atom is 0.261 e. The lowest BCUT2D eigenvalue weighted by Crippen LogP contribution is -2.18. The standard InChI is InChI=1S/C6H11F3O2/c1-2-10-4-6(9)11-3-5(7)8/h5-6H,2-4H2,1H3. The Morgan fingerprint density at radius 1 is 1.18 bits per heavy atom. The van der Waals surface area contributed by atoms with Crippen LogP contribution in [0.15, 0.2) is 0 Å². The summed E-state index contributed by atoms with van der Waals surface area (Å²) >= 11 is 0. The molecule has 0 aliphatic heterocycles. The molecule has 2 nitrogen and oxygen atoms in total. The van der Waals surface area contributed by atoms with Crippen LogP contribution in [-0.2, 0) is 9.47 Å². The first kappa shape index (κ1) is 10.7. The fourth-order valence-electron chi connectivity index (χ4n) is 0.436. The third-order valence-electron chi connectivity index (χ3n) is 0.856. The van der Waals surface area contributed by atoms with Gasteiger partial charge in [0.25, 0.3) is 6.43 Å². The Morgan fingerprint density at radius 2 is 1.82 bits per heavy atom. The van der Waals surface area contributed by atoms with Crippen molar-refractivity contribution in [1.29, 1.82) is 0 Å². The second-order valence-corrected chi connectivity index (χ2v) is 1.79. The van der Waals surface area contributed by atoms with Crippen molar-refractivity contribution in [1.82, 2.24) is 0 Å². The summed E-state index contributed by atoms with van der Waals surface area (Å²) in [5.74, 6) is 0. The highest BCUT2D eigenvalue weighted by molar-refractivity contribution is 4.40. The first-order valence-corrected chi connectivity index (χ1v) is 3.28. The molecule has 0 N–H and O–H groups in total. The van der Waals surface area contributed by atoms with Gasteiger partial charge in [0.05, 0.1) is 0 Å². The van der Waals surface area contributed by atoms with Crippen molar-refractivity contribution in [3.8, 4) is 0 Å². The molecular formula is C6H11F3O2. The van der Waals surface area contributed by atoms with Crippen LogP contribution < -0.4 is 0 Å². The van der Waals surface area contributed by atoms with Gasteiger partial charge >= 0.3 is 0 Å². The number of alkyl halides is 3. The average Bonchev–Trinajstić information content (AvgIpc) is 1.97. The molecule has 0 saturated heterocycles. The van der Waals surface area contributed by atoms with E-state index in [0.717, 1.165) is 0 Å². The van der Waals surface area contributed by atoms with Crippen molar-refractivity contribution < 1.29 is 22.6 Å². The predicted molar refractivity (Wildman–Crippen MR) is 33.3 cm³/mol. The van der Waals surface area contributed by atoms with E-state index < -0.39 is 19.4 Å². The van der Waals surface area contributed by atoms with Gasteiger partial charge in [-0.05, 0) is 6.92 Å². The van der Waals surface area contributed by atoms with Gasteiger partial charge in [0, 0.05) is 6.61 Å². The number of rotatable bonds is 6. The lowest BCUT2D eigenvalue weighted by Gasteiger charge is -2.08. The Bertz CT molecular complexity index is 89.9. The van der Waals surface area contributed by atoms with E-state index in [-0.39, 0.29) is 6.61 Å². The highest BCUT2D eigenvalue weighted by Crippen LogP contribution is 1.99. The van der Waals surface area contributed by atoms with Gasteiger partial charge in [0.2, 0.25) is 6.36 Å². The van der Waals surface area contributed by atoms with Crippen molar-refractivity contribution in [2.75, 3.05) is 19.8 Å². The van der Waals surface area contributed by atoms with E-state index in [1.807, 2.05) is 0 Å². The third kappa shape index (κ3) is 7.61. The summed E-state index contributed by atoms with van der Waals surface area (Å²) in [6, 6.07) is 0. The van der Waals surface area contributed by atoms with E-state index in [2.05, 4.69) is 9.47 Å². The van der Waals surface area contributed by atoms with Crippen molar-refractivity contribution in [2.24, 2.45) is 0 Å². The van der Waals surface area contributed by atoms with Crippen LogP contribution in [0.3, 0.4) is 0 Å². The Balaban J connectivity index is 3.15. The summed E-state index contributed by atoms with van der Waals surface area (Å²) < 4.78 is 43.7. The molecule has 0 rings (SSSR count). The Labute approximate surface area is 63.3 Å². The second-order valence-electron chi connectivity index (χ2n) is 1.79. The minimum absolute atomic E-state index is 0.288. The van der Waals surface area contributed by atoms with E-state index in [1.165, 1.54) is 0 Å². The molecule has 0 bridgehead atoms. The van der Waals surface area contributed by atoms with E-state index in [4.69, 9.17) is 0 Å². The molecule has 5 heteroatoms. The Kier molecular flexibility index (Phi) is 6.25. The van der Waals surface area contributed by atoms with Gasteiger partial charge in [0.1, 0.15) is 13.2 Å². The van der Waals surface area contributed by atoms with Crippen LogP contribution >= 0.6 is 0 Å². The minimum Gasteiger partial charge on any atom is -0.376 e. The molecule has 11 heavy (non-hydrogen) atoms. The number of ether oxygens (including phenoxy) is 2. The van der Waals surface area contributed by atoms with Crippen LogP contribution in [0, 0.1) is 0 Å². The van der Waals surface area contributed by atoms with Gasteiger partial charge in [-0.3, -0.25) is 0 Å². The molecule has 0 heterocycles. The third-order valence-corrected chi connectivity index (χ3v) is 0.856. The van der Waals surface area contributed by atoms with Crippen LogP contribution in [0.4, 0.5) is 13.2 Å². The van der Waals surface area contributed by atoms with Crippen LogP contribution in [0.25, 0.3) is 0 Å². The molecule has 0 fully saturated rings. The molecule has 0 aromatic carbocycles. The molecule has 68 valence electrons. The predicted octanol–water partition coefficient (Wildman–Crippen LogP) is 1.60. The van der Waals surface area contributed by atoms with Gasteiger partial charge < -0.3 is 9.47 Å². The molecule has 0 aromatic rings. The highest BCUT2D eigenvalue weighted by atomic mass is 19.3. The number of hydrogen-bond acceptors (Lipinski definition) is 2. The smallest absolute Gasteiger partial charge is 0.261 e. The molecule has 0 amide bonds.